The molecule has 1 fully saturated rings. The molecule has 1 aromatic carbocycles. The number of carbonyl (C=O) groups excluding carboxylic acids is 1. The van der Waals surface area contributed by atoms with Crippen LogP contribution in [-0.2, 0) is 13.1 Å². The number of amides is 1. The normalized spacial score (nSPS) is 17.3. The van der Waals surface area contributed by atoms with E-state index in [9.17, 15) is 4.79 Å². The van der Waals surface area contributed by atoms with Gasteiger partial charge in [-0.05, 0) is 68.3 Å². The zero-order valence-electron chi connectivity index (χ0n) is 15.5. The Labute approximate surface area is 163 Å². The summed E-state index contributed by atoms with van der Waals surface area (Å²) >= 11 is 1.90. The van der Waals surface area contributed by atoms with Gasteiger partial charge in [0.25, 0.3) is 5.91 Å². The minimum Gasteiger partial charge on any atom is -0.467 e. The topological polar surface area (TPSA) is 45.5 Å². The van der Waals surface area contributed by atoms with Crippen LogP contribution in [0, 0.1) is 6.92 Å². The van der Waals surface area contributed by atoms with Crippen molar-refractivity contribution in [1.82, 2.24) is 10.2 Å². The summed E-state index contributed by atoms with van der Waals surface area (Å²) in [5.74, 6) is 0.686. The van der Waals surface area contributed by atoms with Crippen molar-refractivity contribution in [3.05, 3.63) is 81.4 Å². The molecule has 27 heavy (non-hydrogen) atoms. The molecule has 0 bridgehead atoms. The van der Waals surface area contributed by atoms with Crippen LogP contribution in [0.25, 0.3) is 0 Å². The molecule has 1 amide bonds. The first kappa shape index (κ1) is 18.0. The fourth-order valence-corrected chi connectivity index (χ4v) is 4.75. The standard InChI is InChI=1S/C22H24N2O2S/c1-16-9-10-21(27-16)20-8-3-11-24(20)15-17-5-2-6-18(13-17)22(25)23-14-19-7-4-12-26-19/h2,4-7,9-10,12-13,20H,3,8,11,14-15H2,1H3,(H,23,25). The van der Waals surface area contributed by atoms with Crippen molar-refractivity contribution in [3.63, 3.8) is 0 Å². The Kier molecular flexibility index (Phi) is 5.41. The molecule has 0 radical (unpaired) electrons. The number of nitrogens with one attached hydrogen (secondary N) is 1. The third-order valence-electron chi connectivity index (χ3n) is 5.03. The van der Waals surface area contributed by atoms with Crippen molar-refractivity contribution in [2.45, 2.75) is 38.9 Å². The lowest BCUT2D eigenvalue weighted by Crippen LogP contribution is -2.24. The van der Waals surface area contributed by atoms with Gasteiger partial charge in [-0.25, -0.2) is 0 Å². The molecule has 1 aliphatic heterocycles. The average Bonchev–Trinajstić information content (AvgIpc) is 3.42. The van der Waals surface area contributed by atoms with E-state index in [1.54, 1.807) is 6.26 Å². The Balaban J connectivity index is 1.42. The van der Waals surface area contributed by atoms with E-state index in [-0.39, 0.29) is 5.91 Å². The van der Waals surface area contributed by atoms with E-state index < -0.39 is 0 Å². The molecule has 0 spiro atoms. The first-order valence-electron chi connectivity index (χ1n) is 9.39. The number of nitrogens with zero attached hydrogens (tertiary/aromatic N) is 1. The van der Waals surface area contributed by atoms with Crippen molar-refractivity contribution in [3.8, 4) is 0 Å². The van der Waals surface area contributed by atoms with Crippen molar-refractivity contribution in [2.75, 3.05) is 6.54 Å². The third-order valence-corrected chi connectivity index (χ3v) is 6.13. The Morgan fingerprint density at radius 2 is 2.19 bits per heavy atom. The molecule has 4 nitrogen and oxygen atoms in total. The zero-order chi connectivity index (χ0) is 18.6. The molecule has 0 aliphatic carbocycles. The van der Waals surface area contributed by atoms with Crippen molar-refractivity contribution >= 4 is 17.2 Å². The number of benzene rings is 1. The van der Waals surface area contributed by atoms with Crippen LogP contribution >= 0.6 is 11.3 Å². The number of carbonyl (C=O) groups is 1. The Hall–Kier alpha value is -2.37. The molecular weight excluding hydrogens is 356 g/mol. The highest BCUT2D eigenvalue weighted by Gasteiger charge is 2.27. The van der Waals surface area contributed by atoms with Gasteiger partial charge in [0.15, 0.2) is 0 Å². The summed E-state index contributed by atoms with van der Waals surface area (Å²) in [5, 5.41) is 2.91. The predicted octanol–water partition coefficient (Wildman–Crippen LogP) is 4.92. The minimum atomic E-state index is -0.0693. The first-order chi connectivity index (χ1) is 13.2. The molecule has 2 aromatic heterocycles. The second kappa shape index (κ2) is 8.11. The highest BCUT2D eigenvalue weighted by molar-refractivity contribution is 7.12. The van der Waals surface area contributed by atoms with Gasteiger partial charge < -0.3 is 9.73 Å². The van der Waals surface area contributed by atoms with Crippen LogP contribution in [0.15, 0.2) is 59.2 Å². The molecule has 1 unspecified atom stereocenters. The molecule has 5 heteroatoms. The van der Waals surface area contributed by atoms with Crippen LogP contribution in [-0.4, -0.2) is 17.4 Å². The molecule has 3 aromatic rings. The highest BCUT2D eigenvalue weighted by atomic mass is 32.1. The Morgan fingerprint density at radius 3 is 2.96 bits per heavy atom. The number of thiophene rings is 1. The number of aryl methyl sites for hydroxylation is 1. The van der Waals surface area contributed by atoms with Crippen LogP contribution < -0.4 is 5.32 Å². The van der Waals surface area contributed by atoms with Crippen LogP contribution in [0.1, 0.15) is 50.3 Å². The molecule has 1 N–H and O–H groups in total. The lowest BCUT2D eigenvalue weighted by atomic mass is 10.1. The summed E-state index contributed by atoms with van der Waals surface area (Å²) in [6.07, 6.45) is 4.05. The minimum absolute atomic E-state index is 0.0693. The van der Waals surface area contributed by atoms with Crippen molar-refractivity contribution < 1.29 is 9.21 Å². The number of rotatable bonds is 6. The van der Waals surface area contributed by atoms with E-state index in [1.165, 1.54) is 28.2 Å². The van der Waals surface area contributed by atoms with Gasteiger partial charge in [-0.2, -0.15) is 0 Å². The van der Waals surface area contributed by atoms with E-state index in [1.807, 2.05) is 41.7 Å². The molecule has 140 valence electrons. The van der Waals surface area contributed by atoms with Crippen LogP contribution in [0.3, 0.4) is 0 Å². The van der Waals surface area contributed by atoms with Gasteiger partial charge in [0.2, 0.25) is 0 Å². The number of hydrogen-bond donors (Lipinski definition) is 1. The van der Waals surface area contributed by atoms with Gasteiger partial charge in [0, 0.05) is 27.9 Å². The number of furan rings is 1. The van der Waals surface area contributed by atoms with Gasteiger partial charge in [-0.15, -0.1) is 11.3 Å². The molecule has 1 aliphatic rings. The summed E-state index contributed by atoms with van der Waals surface area (Å²) < 4.78 is 5.27. The fraction of sp³-hybridized carbons (Fsp3) is 0.318. The maximum atomic E-state index is 12.5. The second-order valence-corrected chi connectivity index (χ2v) is 8.36. The summed E-state index contributed by atoms with van der Waals surface area (Å²) in [6.45, 7) is 4.55. The van der Waals surface area contributed by atoms with E-state index in [2.05, 4.69) is 35.3 Å². The van der Waals surface area contributed by atoms with Crippen molar-refractivity contribution in [1.29, 1.82) is 0 Å². The molecular formula is C22H24N2O2S. The SMILES string of the molecule is Cc1ccc(C2CCCN2Cc2cccc(C(=O)NCc3ccco3)c2)s1. The average molecular weight is 381 g/mol. The van der Waals surface area contributed by atoms with Crippen LogP contribution in [0.4, 0.5) is 0 Å². The van der Waals surface area contributed by atoms with Crippen molar-refractivity contribution in [2.24, 2.45) is 0 Å². The van der Waals surface area contributed by atoms with E-state index >= 15 is 0 Å². The van der Waals surface area contributed by atoms with Gasteiger partial charge in [-0.1, -0.05) is 12.1 Å². The second-order valence-electron chi connectivity index (χ2n) is 7.04. The highest BCUT2D eigenvalue weighted by Crippen LogP contribution is 2.36. The number of hydrogen-bond acceptors (Lipinski definition) is 4. The lowest BCUT2D eigenvalue weighted by molar-refractivity contribution is 0.0948. The summed E-state index contributed by atoms with van der Waals surface area (Å²) in [6, 6.07) is 16.6. The maximum Gasteiger partial charge on any atom is 0.251 e. The van der Waals surface area contributed by atoms with E-state index in [0.29, 0.717) is 18.2 Å². The van der Waals surface area contributed by atoms with Gasteiger partial charge in [-0.3, -0.25) is 9.69 Å². The smallest absolute Gasteiger partial charge is 0.251 e. The molecule has 4 rings (SSSR count). The van der Waals surface area contributed by atoms with Gasteiger partial charge >= 0.3 is 0 Å². The Morgan fingerprint density at radius 1 is 1.26 bits per heavy atom. The summed E-state index contributed by atoms with van der Waals surface area (Å²) in [4.78, 5) is 17.8. The van der Waals surface area contributed by atoms with Crippen LogP contribution in [0.2, 0.25) is 0 Å². The largest absolute Gasteiger partial charge is 0.467 e. The lowest BCUT2D eigenvalue weighted by Gasteiger charge is -2.23. The summed E-state index contributed by atoms with van der Waals surface area (Å²) in [7, 11) is 0. The summed E-state index contributed by atoms with van der Waals surface area (Å²) in [5.41, 5.74) is 1.88. The third kappa shape index (κ3) is 4.31. The van der Waals surface area contributed by atoms with Gasteiger partial charge in [0.1, 0.15) is 5.76 Å². The molecule has 1 saturated heterocycles. The molecule has 1 atom stereocenters. The molecule has 3 heterocycles. The predicted molar refractivity (Wildman–Crippen MR) is 108 cm³/mol. The van der Waals surface area contributed by atoms with Crippen LogP contribution in [0.5, 0.6) is 0 Å². The molecule has 0 saturated carbocycles. The monoisotopic (exact) mass is 380 g/mol. The Bertz CT molecular complexity index is 901. The van der Waals surface area contributed by atoms with Gasteiger partial charge in [0.05, 0.1) is 12.8 Å². The fourth-order valence-electron chi connectivity index (χ4n) is 3.70. The number of likely N-dealkylation sites (tertiary alicyclic amines) is 1. The van der Waals surface area contributed by atoms with E-state index in [0.717, 1.165) is 18.8 Å². The maximum absolute atomic E-state index is 12.5. The zero-order valence-corrected chi connectivity index (χ0v) is 16.3. The quantitative estimate of drug-likeness (QED) is 0.660. The first-order valence-corrected chi connectivity index (χ1v) is 10.2. The van der Waals surface area contributed by atoms with E-state index in [4.69, 9.17) is 4.42 Å².